The van der Waals surface area contributed by atoms with E-state index >= 15 is 0 Å². The molecule has 2 aliphatic heterocycles. The lowest BCUT2D eigenvalue weighted by molar-refractivity contribution is -0.146. The predicted octanol–water partition coefficient (Wildman–Crippen LogP) is 2.58. The van der Waals surface area contributed by atoms with Gasteiger partial charge < -0.3 is 19.7 Å². The summed E-state index contributed by atoms with van der Waals surface area (Å²) in [4.78, 5) is 39.5. The van der Waals surface area contributed by atoms with Gasteiger partial charge >= 0.3 is 12.1 Å². The van der Waals surface area contributed by atoms with Crippen LogP contribution in [-0.4, -0.2) is 74.9 Å². The number of amides is 2. The Morgan fingerprint density at radius 3 is 2.21 bits per heavy atom. The van der Waals surface area contributed by atoms with Crippen LogP contribution in [0.1, 0.15) is 31.2 Å². The number of rotatable bonds is 8. The number of piperidine rings is 2. The van der Waals surface area contributed by atoms with Gasteiger partial charge in [0.1, 0.15) is 17.8 Å². The molecule has 204 valence electrons. The minimum absolute atomic E-state index is 0.118. The van der Waals surface area contributed by atoms with E-state index in [9.17, 15) is 22.8 Å². The zero-order valence-electron chi connectivity index (χ0n) is 21.7. The molecule has 2 aromatic carbocycles. The molecule has 1 N–H and O–H groups in total. The van der Waals surface area contributed by atoms with Crippen molar-refractivity contribution in [1.82, 2.24) is 14.5 Å². The van der Waals surface area contributed by atoms with Crippen LogP contribution in [0.25, 0.3) is 0 Å². The molecule has 1 saturated carbocycles. The summed E-state index contributed by atoms with van der Waals surface area (Å²) >= 11 is 0. The van der Waals surface area contributed by atoms with Gasteiger partial charge in [0.25, 0.3) is 0 Å². The van der Waals surface area contributed by atoms with Crippen molar-refractivity contribution in [3.8, 4) is 5.75 Å². The fraction of sp³-hybridized carbons (Fsp3) is 0.444. The quantitative estimate of drug-likeness (QED) is 0.508. The average molecular weight is 544 g/mol. The molecule has 2 aromatic rings. The van der Waals surface area contributed by atoms with Crippen LogP contribution in [0.3, 0.4) is 0 Å². The van der Waals surface area contributed by atoms with E-state index in [-0.39, 0.29) is 23.3 Å². The van der Waals surface area contributed by atoms with Gasteiger partial charge in [-0.05, 0) is 61.4 Å². The van der Waals surface area contributed by atoms with Crippen LogP contribution in [0.4, 0.5) is 4.79 Å². The molecule has 0 radical (unpaired) electrons. The molecule has 0 spiro atoms. The maximum atomic E-state index is 13.6. The lowest BCUT2D eigenvalue weighted by atomic mass is 9.76. The molecule has 2 atom stereocenters. The van der Waals surface area contributed by atoms with Gasteiger partial charge in [0.05, 0.1) is 12.0 Å². The van der Waals surface area contributed by atoms with E-state index in [0.29, 0.717) is 24.2 Å². The van der Waals surface area contributed by atoms with Gasteiger partial charge in [0, 0.05) is 26.6 Å². The maximum Gasteiger partial charge on any atom is 0.414 e. The summed E-state index contributed by atoms with van der Waals surface area (Å²) in [5.41, 5.74) is 0.698. The second-order valence-electron chi connectivity index (χ2n) is 9.86. The normalized spacial score (nSPS) is 21.8. The molecule has 0 unspecified atom stereocenters. The summed E-state index contributed by atoms with van der Waals surface area (Å²) in [5, 5.41) is 2.77. The van der Waals surface area contributed by atoms with Crippen molar-refractivity contribution in [1.29, 1.82) is 0 Å². The van der Waals surface area contributed by atoms with E-state index in [1.807, 2.05) is 0 Å². The first-order valence-electron chi connectivity index (χ1n) is 12.6. The fourth-order valence-electron chi connectivity index (χ4n) is 5.21. The topological polar surface area (TPSA) is 122 Å². The van der Waals surface area contributed by atoms with E-state index in [0.717, 1.165) is 12.8 Å². The minimum atomic E-state index is -3.92. The third-order valence-corrected chi connectivity index (χ3v) is 9.09. The zero-order valence-corrected chi connectivity index (χ0v) is 22.5. The highest BCUT2D eigenvalue weighted by atomic mass is 32.2. The highest BCUT2D eigenvalue weighted by Crippen LogP contribution is 2.42. The van der Waals surface area contributed by atoms with Crippen molar-refractivity contribution in [3.05, 3.63) is 60.2 Å². The van der Waals surface area contributed by atoms with E-state index in [2.05, 4.69) is 5.32 Å². The minimum Gasteiger partial charge on any atom is -0.467 e. The van der Waals surface area contributed by atoms with Gasteiger partial charge in [-0.3, -0.25) is 4.79 Å². The third kappa shape index (κ3) is 5.83. The summed E-state index contributed by atoms with van der Waals surface area (Å²) in [6, 6.07) is 12.5. The lowest BCUT2D eigenvalue weighted by Gasteiger charge is -2.49. The number of nitrogens with zero attached hydrogens (tertiary/aromatic N) is 2. The number of ether oxygens (including phenoxy) is 2. The molecular formula is C27H33N3O7S. The largest absolute Gasteiger partial charge is 0.467 e. The van der Waals surface area contributed by atoms with E-state index in [1.54, 1.807) is 56.6 Å². The second-order valence-corrected chi connectivity index (χ2v) is 11.7. The van der Waals surface area contributed by atoms with Crippen molar-refractivity contribution in [2.24, 2.45) is 5.92 Å². The number of hydrogen-bond acceptors (Lipinski definition) is 7. The number of esters is 1. The summed E-state index contributed by atoms with van der Waals surface area (Å²) in [6.45, 7) is 0. The Balaban J connectivity index is 1.54. The molecule has 3 aliphatic rings. The molecular weight excluding hydrogens is 510 g/mol. The maximum absolute atomic E-state index is 13.6. The van der Waals surface area contributed by atoms with Crippen molar-refractivity contribution in [2.75, 3.05) is 21.2 Å². The number of fused-ring (bicyclic) bond motifs is 3. The summed E-state index contributed by atoms with van der Waals surface area (Å²) in [6.07, 6.45) is 2.50. The van der Waals surface area contributed by atoms with E-state index in [1.165, 1.54) is 28.4 Å². The number of carbonyl (C=O) groups is 3. The Labute approximate surface area is 222 Å². The van der Waals surface area contributed by atoms with Gasteiger partial charge in [0.15, 0.2) is 0 Å². The standard InChI is InChI=1S/C27H33N3O7S/c1-29(2)27(33)37-21-15-9-18(10-16-21)17-23(26(32)36-3)28-25(31)24-19-11-13-20(14-12-19)30(24)38(34,35)22-7-5-4-6-8-22/h4-10,15-16,19-20,23-24H,11-14,17H2,1-3H3,(H,28,31)/t19?,20?,23-,24-/m0/s1. The van der Waals surface area contributed by atoms with Crippen LogP contribution in [0.15, 0.2) is 59.5 Å². The molecule has 2 amide bonds. The van der Waals surface area contributed by atoms with Gasteiger partial charge in [-0.25, -0.2) is 18.0 Å². The van der Waals surface area contributed by atoms with Gasteiger partial charge in [-0.1, -0.05) is 30.3 Å². The van der Waals surface area contributed by atoms with Crippen LogP contribution in [0.5, 0.6) is 5.75 Å². The van der Waals surface area contributed by atoms with Crippen LogP contribution < -0.4 is 10.1 Å². The Morgan fingerprint density at radius 2 is 1.63 bits per heavy atom. The molecule has 11 heteroatoms. The number of hydrogen-bond donors (Lipinski definition) is 1. The highest BCUT2D eigenvalue weighted by Gasteiger charge is 2.51. The van der Waals surface area contributed by atoms with E-state index in [4.69, 9.17) is 9.47 Å². The van der Waals surface area contributed by atoms with Crippen LogP contribution in [0.2, 0.25) is 0 Å². The first kappa shape index (κ1) is 27.6. The Bertz CT molecular complexity index is 1260. The third-order valence-electron chi connectivity index (χ3n) is 7.14. The molecule has 3 fully saturated rings. The Morgan fingerprint density at radius 1 is 1.00 bits per heavy atom. The summed E-state index contributed by atoms with van der Waals surface area (Å²) in [5.74, 6) is -0.945. The van der Waals surface area contributed by atoms with Gasteiger partial charge in [-0.15, -0.1) is 0 Å². The number of sulfonamides is 1. The molecule has 2 bridgehead atoms. The molecule has 2 saturated heterocycles. The predicted molar refractivity (Wildman–Crippen MR) is 139 cm³/mol. The number of nitrogens with one attached hydrogen (secondary N) is 1. The van der Waals surface area contributed by atoms with Crippen molar-refractivity contribution in [3.63, 3.8) is 0 Å². The van der Waals surface area contributed by atoms with Crippen molar-refractivity contribution >= 4 is 28.0 Å². The number of carbonyl (C=O) groups excluding carboxylic acids is 3. The average Bonchev–Trinajstić information content (AvgIpc) is 2.93. The molecule has 0 aromatic heterocycles. The lowest BCUT2D eigenvalue weighted by Crippen LogP contribution is -2.63. The van der Waals surface area contributed by atoms with E-state index < -0.39 is 40.1 Å². The van der Waals surface area contributed by atoms with Crippen molar-refractivity contribution in [2.45, 2.75) is 55.1 Å². The van der Waals surface area contributed by atoms with Crippen LogP contribution >= 0.6 is 0 Å². The Kier molecular flexibility index (Phi) is 8.37. The first-order chi connectivity index (χ1) is 18.1. The smallest absolute Gasteiger partial charge is 0.414 e. The SMILES string of the molecule is COC(=O)[C@H](Cc1ccc(OC(=O)N(C)C)cc1)NC(=O)[C@@H]1C2CCC(CC2)N1S(=O)(=O)c1ccccc1. The van der Waals surface area contributed by atoms with Crippen LogP contribution in [-0.2, 0) is 30.8 Å². The van der Waals surface area contributed by atoms with Gasteiger partial charge in [-0.2, -0.15) is 4.31 Å². The zero-order chi connectivity index (χ0) is 27.4. The second kappa shape index (κ2) is 11.5. The molecule has 2 heterocycles. The van der Waals surface area contributed by atoms with Gasteiger partial charge in [0.2, 0.25) is 15.9 Å². The van der Waals surface area contributed by atoms with Crippen LogP contribution in [0, 0.1) is 5.92 Å². The number of benzene rings is 2. The number of methoxy groups -OCH3 is 1. The molecule has 10 nitrogen and oxygen atoms in total. The van der Waals surface area contributed by atoms with Crippen molar-refractivity contribution < 1.29 is 32.3 Å². The highest BCUT2D eigenvalue weighted by molar-refractivity contribution is 7.89. The monoisotopic (exact) mass is 543 g/mol. The fourth-order valence-corrected chi connectivity index (χ4v) is 7.13. The molecule has 1 aliphatic carbocycles. The first-order valence-corrected chi connectivity index (χ1v) is 14.0. The Hall–Kier alpha value is -3.44. The molecule has 5 rings (SSSR count). The summed E-state index contributed by atoms with van der Waals surface area (Å²) < 4.78 is 38.8. The molecule has 38 heavy (non-hydrogen) atoms. The summed E-state index contributed by atoms with van der Waals surface area (Å²) in [7, 11) is 0.467.